The minimum absolute atomic E-state index is 0.000694. The van der Waals surface area contributed by atoms with Crippen LogP contribution in [-0.4, -0.2) is 35.0 Å². The van der Waals surface area contributed by atoms with Crippen LogP contribution < -0.4 is 0 Å². The van der Waals surface area contributed by atoms with Crippen LogP contribution in [0, 0.1) is 11.8 Å². The smallest absolute Gasteiger partial charge is 0.307 e. The van der Waals surface area contributed by atoms with Crippen LogP contribution in [-0.2, 0) is 9.59 Å². The number of hydrogen-bond acceptors (Lipinski definition) is 2. The van der Waals surface area contributed by atoms with Gasteiger partial charge in [-0.05, 0) is 26.2 Å². The highest BCUT2D eigenvalue weighted by Gasteiger charge is 2.39. The maximum atomic E-state index is 12.1. The van der Waals surface area contributed by atoms with E-state index in [2.05, 4.69) is 0 Å². The fourth-order valence-corrected chi connectivity index (χ4v) is 2.30. The lowest BCUT2D eigenvalue weighted by atomic mass is 9.94. The summed E-state index contributed by atoms with van der Waals surface area (Å²) in [5, 5.41) is 9.04. The molecule has 3 atom stereocenters. The lowest BCUT2D eigenvalue weighted by molar-refractivity contribution is -0.149. The van der Waals surface area contributed by atoms with Gasteiger partial charge in [0.1, 0.15) is 0 Å². The van der Waals surface area contributed by atoms with Crippen LogP contribution in [0.5, 0.6) is 0 Å². The zero-order valence-corrected chi connectivity index (χ0v) is 10.3. The maximum absolute atomic E-state index is 12.1. The van der Waals surface area contributed by atoms with Gasteiger partial charge < -0.3 is 10.0 Å². The summed E-state index contributed by atoms with van der Waals surface area (Å²) in [5.74, 6) is -1.61. The Morgan fingerprint density at radius 2 is 1.94 bits per heavy atom. The second kappa shape index (κ2) is 5.32. The van der Waals surface area contributed by atoms with Crippen molar-refractivity contribution in [2.45, 2.75) is 45.6 Å². The summed E-state index contributed by atoms with van der Waals surface area (Å²) in [6, 6.07) is 0.183. The molecule has 92 valence electrons. The van der Waals surface area contributed by atoms with Crippen molar-refractivity contribution >= 4 is 11.9 Å². The first-order chi connectivity index (χ1) is 7.49. The first-order valence-corrected chi connectivity index (χ1v) is 5.98. The van der Waals surface area contributed by atoms with Crippen molar-refractivity contribution in [1.82, 2.24) is 4.90 Å². The van der Waals surface area contributed by atoms with Gasteiger partial charge in [-0.1, -0.05) is 13.3 Å². The zero-order chi connectivity index (χ0) is 12.3. The van der Waals surface area contributed by atoms with Gasteiger partial charge in [-0.3, -0.25) is 9.59 Å². The number of carbonyl (C=O) groups excluding carboxylic acids is 1. The molecule has 1 aliphatic rings. The van der Waals surface area contributed by atoms with Crippen molar-refractivity contribution in [3.05, 3.63) is 0 Å². The molecule has 3 unspecified atom stereocenters. The Balaban J connectivity index is 2.69. The molecule has 0 radical (unpaired) electrons. The number of nitrogens with zero attached hydrogens (tertiary/aromatic N) is 1. The summed E-state index contributed by atoms with van der Waals surface area (Å²) in [6.07, 6.45) is 3.10. The highest BCUT2D eigenvalue weighted by atomic mass is 16.4. The third-order valence-corrected chi connectivity index (χ3v) is 3.75. The predicted octanol–water partition coefficient (Wildman–Crippen LogP) is 1.74. The lowest BCUT2D eigenvalue weighted by Gasteiger charge is -2.28. The standard InChI is InChI=1S/C12H21NO3/c1-4-8(2)13(3)11(14)9-6-5-7-10(9)12(15)16/h8-10H,4-7H2,1-3H3,(H,15,16). The minimum Gasteiger partial charge on any atom is -0.481 e. The predicted molar refractivity (Wildman–Crippen MR) is 61.0 cm³/mol. The number of aliphatic carboxylic acids is 1. The van der Waals surface area contributed by atoms with Crippen LogP contribution in [0.15, 0.2) is 0 Å². The Kier molecular flexibility index (Phi) is 4.33. The number of hydrogen-bond donors (Lipinski definition) is 1. The quantitative estimate of drug-likeness (QED) is 0.796. The van der Waals surface area contributed by atoms with E-state index < -0.39 is 11.9 Å². The summed E-state index contributed by atoms with van der Waals surface area (Å²) >= 11 is 0. The van der Waals surface area contributed by atoms with Gasteiger partial charge in [-0.25, -0.2) is 0 Å². The van der Waals surface area contributed by atoms with Gasteiger partial charge in [0, 0.05) is 13.1 Å². The molecule has 1 saturated carbocycles. The molecule has 4 nitrogen and oxygen atoms in total. The van der Waals surface area contributed by atoms with E-state index >= 15 is 0 Å². The monoisotopic (exact) mass is 227 g/mol. The molecule has 0 spiro atoms. The van der Waals surface area contributed by atoms with Crippen molar-refractivity contribution in [2.75, 3.05) is 7.05 Å². The van der Waals surface area contributed by atoms with Crippen LogP contribution in [0.3, 0.4) is 0 Å². The Bertz CT molecular complexity index is 277. The van der Waals surface area contributed by atoms with Crippen molar-refractivity contribution in [2.24, 2.45) is 11.8 Å². The molecule has 0 aromatic heterocycles. The van der Waals surface area contributed by atoms with E-state index in [1.165, 1.54) is 0 Å². The molecule has 0 saturated heterocycles. The highest BCUT2D eigenvalue weighted by Crippen LogP contribution is 2.33. The Morgan fingerprint density at radius 1 is 1.38 bits per heavy atom. The van der Waals surface area contributed by atoms with E-state index in [-0.39, 0.29) is 17.9 Å². The van der Waals surface area contributed by atoms with Gasteiger partial charge in [-0.15, -0.1) is 0 Å². The lowest BCUT2D eigenvalue weighted by Crippen LogP contribution is -2.41. The summed E-state index contributed by atoms with van der Waals surface area (Å²) in [7, 11) is 1.77. The summed E-state index contributed by atoms with van der Waals surface area (Å²) in [6.45, 7) is 4.01. The first-order valence-electron chi connectivity index (χ1n) is 5.98. The molecule has 1 aliphatic carbocycles. The fourth-order valence-electron chi connectivity index (χ4n) is 2.30. The molecule has 1 rings (SSSR count). The minimum atomic E-state index is -0.826. The fraction of sp³-hybridized carbons (Fsp3) is 0.833. The molecule has 0 heterocycles. The number of amides is 1. The number of carboxylic acids is 1. The number of rotatable bonds is 4. The molecule has 0 aromatic carbocycles. The molecule has 0 aromatic rings. The molecule has 0 bridgehead atoms. The zero-order valence-electron chi connectivity index (χ0n) is 10.3. The van der Waals surface area contributed by atoms with E-state index in [9.17, 15) is 9.59 Å². The van der Waals surface area contributed by atoms with E-state index in [4.69, 9.17) is 5.11 Å². The van der Waals surface area contributed by atoms with Crippen molar-refractivity contribution < 1.29 is 14.7 Å². The Morgan fingerprint density at radius 3 is 2.44 bits per heavy atom. The summed E-state index contributed by atoms with van der Waals surface area (Å²) < 4.78 is 0. The second-order valence-electron chi connectivity index (χ2n) is 4.69. The topological polar surface area (TPSA) is 57.6 Å². The molecular weight excluding hydrogens is 206 g/mol. The molecule has 1 fully saturated rings. The third kappa shape index (κ3) is 2.54. The summed E-state index contributed by atoms with van der Waals surface area (Å²) in [5.41, 5.74) is 0. The molecule has 0 aliphatic heterocycles. The van der Waals surface area contributed by atoms with E-state index in [1.54, 1.807) is 11.9 Å². The van der Waals surface area contributed by atoms with E-state index in [0.717, 1.165) is 19.3 Å². The van der Waals surface area contributed by atoms with Crippen molar-refractivity contribution in [1.29, 1.82) is 0 Å². The third-order valence-electron chi connectivity index (χ3n) is 3.75. The van der Waals surface area contributed by atoms with Crippen LogP contribution in [0.4, 0.5) is 0 Å². The molecule has 1 N–H and O–H groups in total. The Hall–Kier alpha value is -1.06. The molecule has 1 amide bonds. The average molecular weight is 227 g/mol. The van der Waals surface area contributed by atoms with Gasteiger partial charge in [0.15, 0.2) is 0 Å². The first kappa shape index (κ1) is 13.0. The summed E-state index contributed by atoms with van der Waals surface area (Å²) in [4.78, 5) is 24.8. The van der Waals surface area contributed by atoms with Gasteiger partial charge >= 0.3 is 5.97 Å². The van der Waals surface area contributed by atoms with Crippen molar-refractivity contribution in [3.8, 4) is 0 Å². The van der Waals surface area contributed by atoms with Crippen LogP contribution in [0.25, 0.3) is 0 Å². The molecule has 16 heavy (non-hydrogen) atoms. The highest BCUT2D eigenvalue weighted by molar-refractivity contribution is 5.85. The largest absolute Gasteiger partial charge is 0.481 e. The normalized spacial score (nSPS) is 26.4. The van der Waals surface area contributed by atoms with Crippen LogP contribution in [0.1, 0.15) is 39.5 Å². The van der Waals surface area contributed by atoms with Crippen LogP contribution >= 0.6 is 0 Å². The molecule has 4 heteroatoms. The SMILES string of the molecule is CCC(C)N(C)C(=O)C1CCCC1C(=O)O. The van der Waals surface area contributed by atoms with Gasteiger partial charge in [0.05, 0.1) is 11.8 Å². The van der Waals surface area contributed by atoms with Gasteiger partial charge in [0.2, 0.25) is 5.91 Å². The number of carboxylic acid groups (broad SMARTS) is 1. The van der Waals surface area contributed by atoms with Crippen molar-refractivity contribution in [3.63, 3.8) is 0 Å². The van der Waals surface area contributed by atoms with Gasteiger partial charge in [-0.2, -0.15) is 0 Å². The maximum Gasteiger partial charge on any atom is 0.307 e. The van der Waals surface area contributed by atoms with E-state index in [0.29, 0.717) is 6.42 Å². The Labute approximate surface area is 96.6 Å². The average Bonchev–Trinajstić information content (AvgIpc) is 2.74. The second-order valence-corrected chi connectivity index (χ2v) is 4.69. The van der Waals surface area contributed by atoms with Crippen LogP contribution in [0.2, 0.25) is 0 Å². The molecular formula is C12H21NO3. The number of carbonyl (C=O) groups is 2. The van der Waals surface area contributed by atoms with Gasteiger partial charge in [0.25, 0.3) is 0 Å². The van der Waals surface area contributed by atoms with E-state index in [1.807, 2.05) is 13.8 Å².